The standard InChI is InChI=1S/C26H30N4O4/c1-16-8-9-19-21(13-16)27-24(20-6-2-3-7-22(20)31)29-25(19)30-11-4-5-17(14-30)23(28-26(32)33)18-10-12-34-15-18/h2-3,6-9,13,17-18,23,28,31H,4-5,10-12,14-15H2,1H3,(H,32,33)/t17?,18-,23+/m1/s1. The summed E-state index contributed by atoms with van der Waals surface area (Å²) in [5.74, 6) is 1.79. The zero-order valence-electron chi connectivity index (χ0n) is 19.3. The van der Waals surface area contributed by atoms with Gasteiger partial charge >= 0.3 is 6.09 Å². The highest BCUT2D eigenvalue weighted by atomic mass is 16.5. The molecule has 8 heteroatoms. The molecule has 3 N–H and O–H groups in total. The number of amides is 1. The number of carboxylic acid groups (broad SMARTS) is 1. The number of nitrogens with one attached hydrogen (secondary N) is 1. The van der Waals surface area contributed by atoms with Gasteiger partial charge in [-0.15, -0.1) is 0 Å². The van der Waals surface area contributed by atoms with Crippen molar-refractivity contribution in [3.05, 3.63) is 48.0 Å². The van der Waals surface area contributed by atoms with Crippen molar-refractivity contribution in [2.75, 3.05) is 31.2 Å². The Morgan fingerprint density at radius 3 is 2.79 bits per heavy atom. The van der Waals surface area contributed by atoms with Crippen molar-refractivity contribution in [2.24, 2.45) is 11.8 Å². The second-order valence-electron chi connectivity index (χ2n) is 9.36. The van der Waals surface area contributed by atoms with Crippen LogP contribution in [0.4, 0.5) is 10.6 Å². The van der Waals surface area contributed by atoms with Gasteiger partial charge in [0.15, 0.2) is 5.82 Å². The van der Waals surface area contributed by atoms with Gasteiger partial charge in [-0.2, -0.15) is 0 Å². The fourth-order valence-electron chi connectivity index (χ4n) is 5.34. The smallest absolute Gasteiger partial charge is 0.404 e. The van der Waals surface area contributed by atoms with Crippen LogP contribution < -0.4 is 10.2 Å². The number of para-hydroxylation sites is 1. The molecule has 2 aliphatic rings. The lowest BCUT2D eigenvalue weighted by molar-refractivity contribution is 0.147. The zero-order valence-corrected chi connectivity index (χ0v) is 19.3. The Bertz CT molecular complexity index is 1190. The molecule has 2 fully saturated rings. The van der Waals surface area contributed by atoms with Gasteiger partial charge in [0.2, 0.25) is 0 Å². The molecule has 2 aliphatic heterocycles. The van der Waals surface area contributed by atoms with Gasteiger partial charge in [0.25, 0.3) is 0 Å². The van der Waals surface area contributed by atoms with Gasteiger partial charge < -0.3 is 25.2 Å². The third-order valence-electron chi connectivity index (χ3n) is 7.01. The summed E-state index contributed by atoms with van der Waals surface area (Å²) in [7, 11) is 0. The second kappa shape index (κ2) is 9.46. The number of phenols is 1. The van der Waals surface area contributed by atoms with E-state index in [-0.39, 0.29) is 23.6 Å². The topological polar surface area (TPSA) is 108 Å². The summed E-state index contributed by atoms with van der Waals surface area (Å²) in [5, 5.41) is 23.7. The van der Waals surface area contributed by atoms with Crippen LogP contribution in [0.1, 0.15) is 24.8 Å². The molecule has 0 bridgehead atoms. The fourth-order valence-corrected chi connectivity index (χ4v) is 5.34. The van der Waals surface area contributed by atoms with Crippen molar-refractivity contribution < 1.29 is 19.7 Å². The Hall–Kier alpha value is -3.39. The Balaban J connectivity index is 1.53. The van der Waals surface area contributed by atoms with E-state index in [0.717, 1.165) is 48.1 Å². The van der Waals surface area contributed by atoms with E-state index in [1.54, 1.807) is 12.1 Å². The van der Waals surface area contributed by atoms with E-state index in [9.17, 15) is 15.0 Å². The Morgan fingerprint density at radius 2 is 2.03 bits per heavy atom. The summed E-state index contributed by atoms with van der Waals surface area (Å²) in [6, 6.07) is 13.1. The number of hydrogen-bond acceptors (Lipinski definition) is 6. The minimum absolute atomic E-state index is 0.143. The number of rotatable bonds is 5. The highest BCUT2D eigenvalue weighted by molar-refractivity contribution is 5.92. The predicted octanol–water partition coefficient (Wildman–Crippen LogP) is 4.20. The van der Waals surface area contributed by atoms with E-state index in [1.807, 2.05) is 25.1 Å². The molecule has 2 saturated heterocycles. The first-order valence-electron chi connectivity index (χ1n) is 11.9. The number of phenolic OH excluding ortho intramolecular Hbond substituents is 1. The van der Waals surface area contributed by atoms with Gasteiger partial charge in [0.05, 0.1) is 17.7 Å². The van der Waals surface area contributed by atoms with E-state index >= 15 is 0 Å². The molecule has 3 atom stereocenters. The van der Waals surface area contributed by atoms with E-state index in [4.69, 9.17) is 14.7 Å². The van der Waals surface area contributed by atoms with E-state index < -0.39 is 6.09 Å². The molecule has 0 aliphatic carbocycles. The molecule has 0 radical (unpaired) electrons. The van der Waals surface area contributed by atoms with Crippen molar-refractivity contribution in [3.63, 3.8) is 0 Å². The van der Waals surface area contributed by atoms with Gasteiger partial charge in [0, 0.05) is 37.0 Å². The van der Waals surface area contributed by atoms with Crippen LogP contribution in [0.15, 0.2) is 42.5 Å². The summed E-state index contributed by atoms with van der Waals surface area (Å²) in [4.78, 5) is 23.5. The number of aromatic hydroxyl groups is 1. The maximum atomic E-state index is 11.6. The molecule has 0 saturated carbocycles. The fraction of sp³-hybridized carbons (Fsp3) is 0.423. The summed E-state index contributed by atoms with van der Waals surface area (Å²) in [6.07, 6.45) is 1.78. The predicted molar refractivity (Wildman–Crippen MR) is 130 cm³/mol. The largest absolute Gasteiger partial charge is 0.507 e. The molecule has 178 valence electrons. The van der Waals surface area contributed by atoms with Crippen LogP contribution >= 0.6 is 0 Å². The molecule has 5 rings (SSSR count). The summed E-state index contributed by atoms with van der Waals surface area (Å²) >= 11 is 0. The minimum Gasteiger partial charge on any atom is -0.507 e. The van der Waals surface area contributed by atoms with Crippen molar-refractivity contribution in [1.29, 1.82) is 0 Å². The summed E-state index contributed by atoms with van der Waals surface area (Å²) in [6.45, 7) is 4.83. The van der Waals surface area contributed by atoms with Gasteiger partial charge in [-0.05, 0) is 61.9 Å². The molecule has 34 heavy (non-hydrogen) atoms. The third kappa shape index (κ3) is 4.50. The zero-order chi connectivity index (χ0) is 23.7. The minimum atomic E-state index is -0.987. The number of nitrogens with zero attached hydrogens (tertiary/aromatic N) is 3. The number of carbonyl (C=O) groups is 1. The van der Waals surface area contributed by atoms with E-state index in [0.29, 0.717) is 31.1 Å². The summed E-state index contributed by atoms with van der Waals surface area (Å²) < 4.78 is 5.58. The molecular weight excluding hydrogens is 432 g/mol. The average molecular weight is 463 g/mol. The van der Waals surface area contributed by atoms with E-state index in [1.165, 1.54) is 0 Å². The molecule has 1 amide bonds. The number of hydrogen-bond donors (Lipinski definition) is 3. The molecule has 0 spiro atoms. The number of ether oxygens (including phenoxy) is 1. The van der Waals surface area contributed by atoms with Gasteiger partial charge in [-0.1, -0.05) is 18.2 Å². The number of benzene rings is 2. The molecule has 1 unspecified atom stereocenters. The van der Waals surface area contributed by atoms with Crippen LogP contribution in [0.25, 0.3) is 22.3 Å². The maximum absolute atomic E-state index is 11.6. The van der Waals surface area contributed by atoms with Gasteiger partial charge in [-0.3, -0.25) is 0 Å². The number of piperidine rings is 1. The van der Waals surface area contributed by atoms with Crippen molar-refractivity contribution in [2.45, 2.75) is 32.2 Å². The molecule has 3 heterocycles. The lowest BCUT2D eigenvalue weighted by Crippen LogP contribution is -2.51. The third-order valence-corrected chi connectivity index (χ3v) is 7.01. The SMILES string of the molecule is Cc1ccc2c(N3CCCC([C@H](NC(=O)O)[C@@H]4CCOC4)C3)nc(-c3ccccc3O)nc2c1. The summed E-state index contributed by atoms with van der Waals surface area (Å²) in [5.41, 5.74) is 2.52. The quantitative estimate of drug-likeness (QED) is 0.521. The molecule has 3 aromatic rings. The lowest BCUT2D eigenvalue weighted by Gasteiger charge is -2.39. The first kappa shape index (κ1) is 22.4. The molecule has 1 aromatic heterocycles. The highest BCUT2D eigenvalue weighted by Gasteiger charge is 2.36. The van der Waals surface area contributed by atoms with Crippen molar-refractivity contribution in [1.82, 2.24) is 15.3 Å². The lowest BCUT2D eigenvalue weighted by atomic mass is 9.82. The van der Waals surface area contributed by atoms with Crippen LogP contribution in [0, 0.1) is 18.8 Å². The maximum Gasteiger partial charge on any atom is 0.404 e. The molecular formula is C26H30N4O4. The van der Waals surface area contributed by atoms with Crippen LogP contribution in [0.2, 0.25) is 0 Å². The number of aryl methyl sites for hydroxylation is 1. The monoisotopic (exact) mass is 462 g/mol. The first-order chi connectivity index (χ1) is 16.5. The first-order valence-corrected chi connectivity index (χ1v) is 11.9. The van der Waals surface area contributed by atoms with Crippen LogP contribution in [0.3, 0.4) is 0 Å². The van der Waals surface area contributed by atoms with Crippen molar-refractivity contribution in [3.8, 4) is 17.1 Å². The van der Waals surface area contributed by atoms with E-state index in [2.05, 4.69) is 22.3 Å². The van der Waals surface area contributed by atoms with Crippen LogP contribution in [0.5, 0.6) is 5.75 Å². The van der Waals surface area contributed by atoms with Gasteiger partial charge in [0.1, 0.15) is 11.6 Å². The average Bonchev–Trinajstić information content (AvgIpc) is 3.36. The number of aromatic nitrogens is 2. The van der Waals surface area contributed by atoms with Crippen molar-refractivity contribution >= 4 is 22.8 Å². The Labute approximate surface area is 198 Å². The normalized spacial score (nSPS) is 21.5. The molecule has 8 nitrogen and oxygen atoms in total. The second-order valence-corrected chi connectivity index (χ2v) is 9.36. The highest BCUT2D eigenvalue weighted by Crippen LogP contribution is 2.35. The number of fused-ring (bicyclic) bond motifs is 1. The van der Waals surface area contributed by atoms with Crippen LogP contribution in [-0.4, -0.2) is 58.6 Å². The van der Waals surface area contributed by atoms with Crippen LogP contribution in [-0.2, 0) is 4.74 Å². The number of anilines is 1. The Kier molecular flexibility index (Phi) is 6.24. The Morgan fingerprint density at radius 1 is 1.18 bits per heavy atom. The molecule has 2 aromatic carbocycles. The van der Waals surface area contributed by atoms with Gasteiger partial charge in [-0.25, -0.2) is 14.8 Å².